The molecule has 0 bridgehead atoms. The van der Waals surface area contributed by atoms with Crippen molar-refractivity contribution in [2.75, 3.05) is 14.2 Å². The molecule has 0 fully saturated rings. The molecular weight excluding hydrogens is 286 g/mol. The molecule has 0 radical (unpaired) electrons. The largest absolute Gasteiger partial charge is 0.493 e. The third kappa shape index (κ3) is 2.17. The van der Waals surface area contributed by atoms with Crippen LogP contribution in [0.4, 0.5) is 0 Å². The number of methoxy groups -OCH3 is 2. The van der Waals surface area contributed by atoms with Gasteiger partial charge in [-0.2, -0.15) is 0 Å². The summed E-state index contributed by atoms with van der Waals surface area (Å²) in [6.45, 7) is 4.49. The molecule has 3 rings (SSSR count). The summed E-state index contributed by atoms with van der Waals surface area (Å²) in [5.41, 5.74) is 3.26. The number of hydrogen-bond acceptors (Lipinski definition) is 4. The van der Waals surface area contributed by atoms with E-state index in [-0.39, 0.29) is 4.87 Å². The summed E-state index contributed by atoms with van der Waals surface area (Å²) in [7, 11) is 3.26. The number of aromatic nitrogens is 1. The van der Waals surface area contributed by atoms with Crippen molar-refractivity contribution in [3.63, 3.8) is 0 Å². The van der Waals surface area contributed by atoms with Crippen molar-refractivity contribution in [2.24, 2.45) is 0 Å². The van der Waals surface area contributed by atoms with E-state index in [1.165, 1.54) is 16.9 Å². The van der Waals surface area contributed by atoms with Gasteiger partial charge in [0.15, 0.2) is 11.5 Å². The first-order valence-corrected chi connectivity index (χ1v) is 7.60. The van der Waals surface area contributed by atoms with E-state index in [1.807, 2.05) is 22.8 Å². The highest BCUT2D eigenvalue weighted by molar-refractivity contribution is 7.09. The van der Waals surface area contributed by atoms with Crippen LogP contribution in [0.5, 0.6) is 11.5 Å². The minimum atomic E-state index is 0.0993. The number of hydrogen-bond donors (Lipinski definition) is 0. The van der Waals surface area contributed by atoms with Crippen LogP contribution in [-0.4, -0.2) is 18.8 Å². The predicted octanol–water partition coefficient (Wildman–Crippen LogP) is 2.88. The van der Waals surface area contributed by atoms with E-state index < -0.39 is 0 Å². The zero-order valence-corrected chi connectivity index (χ0v) is 13.0. The molecule has 4 nitrogen and oxygen atoms in total. The first kappa shape index (κ1) is 13.9. The van der Waals surface area contributed by atoms with Gasteiger partial charge in [-0.15, -0.1) is 6.58 Å². The van der Waals surface area contributed by atoms with E-state index in [0.29, 0.717) is 18.7 Å². The van der Waals surface area contributed by atoms with Crippen molar-refractivity contribution in [2.45, 2.75) is 19.4 Å². The van der Waals surface area contributed by atoms with Crippen molar-refractivity contribution in [1.29, 1.82) is 0 Å². The molecule has 2 aromatic rings. The van der Waals surface area contributed by atoms with Crippen LogP contribution in [0.1, 0.15) is 10.4 Å². The maximum Gasteiger partial charge on any atom is 0.307 e. The molecule has 0 aliphatic carbocycles. The summed E-state index contributed by atoms with van der Waals surface area (Å²) in [6, 6.07) is 3.98. The molecule has 21 heavy (non-hydrogen) atoms. The summed E-state index contributed by atoms with van der Waals surface area (Å²) in [5, 5.41) is 0. The van der Waals surface area contributed by atoms with Crippen LogP contribution in [0.25, 0.3) is 11.3 Å². The maximum absolute atomic E-state index is 12.1. The molecule has 1 aromatic heterocycles. The normalized spacial score (nSPS) is 12.5. The highest BCUT2D eigenvalue weighted by Gasteiger charge is 2.24. The molecule has 1 aromatic carbocycles. The Morgan fingerprint density at radius 1 is 1.33 bits per heavy atom. The van der Waals surface area contributed by atoms with E-state index in [2.05, 4.69) is 6.58 Å². The van der Waals surface area contributed by atoms with Crippen LogP contribution in [0, 0.1) is 0 Å². The molecular formula is C16H17NO3S. The van der Waals surface area contributed by atoms with Gasteiger partial charge in [0.25, 0.3) is 0 Å². The van der Waals surface area contributed by atoms with Crippen molar-refractivity contribution in [3.8, 4) is 22.8 Å². The van der Waals surface area contributed by atoms with Crippen molar-refractivity contribution >= 4 is 11.3 Å². The Kier molecular flexibility index (Phi) is 3.59. The third-order valence-electron chi connectivity index (χ3n) is 3.76. The molecule has 0 atom stereocenters. The van der Waals surface area contributed by atoms with Gasteiger partial charge in [-0.25, -0.2) is 0 Å². The predicted molar refractivity (Wildman–Crippen MR) is 84.7 cm³/mol. The quantitative estimate of drug-likeness (QED) is 0.816. The molecule has 0 unspecified atom stereocenters. The van der Waals surface area contributed by atoms with Crippen LogP contribution >= 0.6 is 11.3 Å². The standard InChI is InChI=1S/C16H17NO3S/c1-4-5-14-15-11-9-13(20-3)12(19-2)8-10(11)6-7-17(15)16(18)21-14/h4,8-9H,1,5-7H2,2-3H3. The third-order valence-corrected chi connectivity index (χ3v) is 4.77. The highest BCUT2D eigenvalue weighted by Crippen LogP contribution is 2.40. The summed E-state index contributed by atoms with van der Waals surface area (Å²) < 4.78 is 12.6. The Hall–Kier alpha value is -2.01. The van der Waals surface area contributed by atoms with Crippen LogP contribution in [0.3, 0.4) is 0 Å². The lowest BCUT2D eigenvalue weighted by Crippen LogP contribution is -2.20. The summed E-state index contributed by atoms with van der Waals surface area (Å²) in [4.78, 5) is 13.3. The van der Waals surface area contributed by atoms with E-state index in [0.717, 1.165) is 28.3 Å². The lowest BCUT2D eigenvalue weighted by Gasteiger charge is -2.21. The average molecular weight is 303 g/mol. The minimum Gasteiger partial charge on any atom is -0.493 e. The molecule has 0 saturated carbocycles. The number of aryl methyl sites for hydroxylation is 1. The fourth-order valence-electron chi connectivity index (χ4n) is 2.80. The van der Waals surface area contributed by atoms with Gasteiger partial charge >= 0.3 is 4.87 Å². The summed E-state index contributed by atoms with van der Waals surface area (Å²) >= 11 is 1.31. The topological polar surface area (TPSA) is 40.5 Å². The van der Waals surface area contributed by atoms with Crippen molar-refractivity contribution in [1.82, 2.24) is 4.57 Å². The van der Waals surface area contributed by atoms with Crippen molar-refractivity contribution in [3.05, 3.63) is 44.9 Å². The smallest absolute Gasteiger partial charge is 0.307 e. The SMILES string of the molecule is C=CCc1sc(=O)n2c1-c1cc(OC)c(OC)cc1CC2. The van der Waals surface area contributed by atoms with Gasteiger partial charge in [0.05, 0.1) is 19.9 Å². The van der Waals surface area contributed by atoms with Gasteiger partial charge in [-0.05, 0) is 24.1 Å². The Labute approximate surface area is 127 Å². The van der Waals surface area contributed by atoms with Gasteiger partial charge in [-0.1, -0.05) is 17.4 Å². The number of allylic oxidation sites excluding steroid dienone is 1. The van der Waals surface area contributed by atoms with E-state index in [4.69, 9.17) is 9.47 Å². The second-order valence-corrected chi connectivity index (χ2v) is 5.94. The van der Waals surface area contributed by atoms with Gasteiger partial charge in [0.2, 0.25) is 0 Å². The molecule has 1 aliphatic heterocycles. The van der Waals surface area contributed by atoms with E-state index in [9.17, 15) is 4.79 Å². The second kappa shape index (κ2) is 5.41. The van der Waals surface area contributed by atoms with Gasteiger partial charge in [0, 0.05) is 23.4 Å². The molecule has 0 N–H and O–H groups in total. The van der Waals surface area contributed by atoms with Crippen LogP contribution in [0.15, 0.2) is 29.6 Å². The van der Waals surface area contributed by atoms with Gasteiger partial charge < -0.3 is 9.47 Å². The van der Waals surface area contributed by atoms with E-state index in [1.54, 1.807) is 14.2 Å². The van der Waals surface area contributed by atoms with Gasteiger partial charge in [-0.3, -0.25) is 9.36 Å². The average Bonchev–Trinajstić information content (AvgIpc) is 2.82. The zero-order valence-electron chi connectivity index (χ0n) is 12.1. The fraction of sp³-hybridized carbons (Fsp3) is 0.312. The Morgan fingerprint density at radius 3 is 2.71 bits per heavy atom. The Balaban J connectivity index is 2.26. The fourth-order valence-corrected chi connectivity index (χ4v) is 3.82. The highest BCUT2D eigenvalue weighted by atomic mass is 32.1. The number of fused-ring (bicyclic) bond motifs is 3. The summed E-state index contributed by atoms with van der Waals surface area (Å²) in [6.07, 6.45) is 3.37. The molecule has 0 saturated heterocycles. The van der Waals surface area contributed by atoms with Crippen LogP contribution < -0.4 is 14.3 Å². The number of nitrogens with zero attached hydrogens (tertiary/aromatic N) is 1. The molecule has 2 heterocycles. The van der Waals surface area contributed by atoms with E-state index >= 15 is 0 Å². The monoisotopic (exact) mass is 303 g/mol. The number of benzene rings is 1. The Bertz CT molecular complexity index is 758. The maximum atomic E-state index is 12.1. The molecule has 0 spiro atoms. The first-order valence-electron chi connectivity index (χ1n) is 6.78. The zero-order chi connectivity index (χ0) is 15.0. The number of thiazole rings is 1. The van der Waals surface area contributed by atoms with Gasteiger partial charge in [0.1, 0.15) is 0 Å². The summed E-state index contributed by atoms with van der Waals surface area (Å²) in [5.74, 6) is 1.42. The van der Waals surface area contributed by atoms with Crippen LogP contribution in [-0.2, 0) is 19.4 Å². The number of rotatable bonds is 4. The molecule has 0 amide bonds. The molecule has 5 heteroatoms. The number of ether oxygens (including phenoxy) is 2. The first-order chi connectivity index (χ1) is 10.2. The molecule has 110 valence electrons. The Morgan fingerprint density at radius 2 is 2.05 bits per heavy atom. The minimum absolute atomic E-state index is 0.0993. The van der Waals surface area contributed by atoms with Crippen LogP contribution in [0.2, 0.25) is 0 Å². The van der Waals surface area contributed by atoms with Crippen molar-refractivity contribution < 1.29 is 9.47 Å². The second-order valence-electron chi connectivity index (χ2n) is 4.90. The lowest BCUT2D eigenvalue weighted by molar-refractivity contribution is 0.354. The lowest BCUT2D eigenvalue weighted by atomic mass is 9.96. The molecule has 1 aliphatic rings.